The molecule has 35 heavy (non-hydrogen) atoms. The molecule has 2 saturated heterocycles. The second-order valence-electron chi connectivity index (χ2n) is 10.7. The van der Waals surface area contributed by atoms with Crippen molar-refractivity contribution in [3.05, 3.63) is 30.1 Å². The summed E-state index contributed by atoms with van der Waals surface area (Å²) in [5.41, 5.74) is 0.630. The number of esters is 1. The zero-order valence-electron chi connectivity index (χ0n) is 20.8. The van der Waals surface area contributed by atoms with E-state index in [1.54, 1.807) is 12.4 Å². The number of cyclic esters (lactones) is 1. The van der Waals surface area contributed by atoms with E-state index in [-0.39, 0.29) is 30.8 Å². The van der Waals surface area contributed by atoms with E-state index in [2.05, 4.69) is 9.88 Å². The number of hydrogen-bond acceptors (Lipinski definition) is 7. The number of likely N-dealkylation sites (tertiary alicyclic amines) is 1. The Morgan fingerprint density at radius 2 is 1.66 bits per heavy atom. The van der Waals surface area contributed by atoms with Crippen LogP contribution >= 0.6 is 0 Å². The Bertz CT molecular complexity index is 821. The van der Waals surface area contributed by atoms with Gasteiger partial charge in [0.1, 0.15) is 12.7 Å². The number of amides is 1. The summed E-state index contributed by atoms with van der Waals surface area (Å²) in [7, 11) is 0. The Morgan fingerprint density at radius 3 is 2.37 bits per heavy atom. The molecule has 1 amide bonds. The molecule has 2 N–H and O–H groups in total. The molecule has 1 aromatic rings. The van der Waals surface area contributed by atoms with Crippen molar-refractivity contribution < 1.29 is 24.5 Å². The summed E-state index contributed by atoms with van der Waals surface area (Å²) in [5.74, 6) is 0.0182. The van der Waals surface area contributed by atoms with Crippen LogP contribution in [0.1, 0.15) is 69.8 Å². The van der Waals surface area contributed by atoms with E-state index in [4.69, 9.17) is 4.74 Å². The molecule has 0 aromatic carbocycles. The molecule has 0 radical (unpaired) electrons. The highest BCUT2D eigenvalue weighted by Crippen LogP contribution is 2.39. The third kappa shape index (κ3) is 6.80. The Labute approximate surface area is 208 Å². The van der Waals surface area contributed by atoms with Crippen LogP contribution in [0.4, 0.5) is 0 Å². The van der Waals surface area contributed by atoms with Crippen LogP contribution in [0.25, 0.3) is 0 Å². The van der Waals surface area contributed by atoms with Gasteiger partial charge in [0.2, 0.25) is 5.91 Å². The number of pyridine rings is 1. The number of aromatic nitrogens is 1. The Kier molecular flexibility index (Phi) is 9.14. The first-order chi connectivity index (χ1) is 17.0. The molecular formula is C27H41N3O5. The molecule has 194 valence electrons. The molecular weight excluding hydrogens is 446 g/mol. The smallest absolute Gasteiger partial charge is 0.312 e. The molecule has 3 aliphatic rings. The molecule has 2 aliphatic heterocycles. The van der Waals surface area contributed by atoms with Crippen molar-refractivity contribution in [1.82, 2.24) is 14.8 Å². The summed E-state index contributed by atoms with van der Waals surface area (Å²) >= 11 is 0. The number of piperidine rings is 1. The molecule has 8 nitrogen and oxygen atoms in total. The molecule has 3 fully saturated rings. The van der Waals surface area contributed by atoms with Crippen molar-refractivity contribution >= 4 is 11.9 Å². The van der Waals surface area contributed by atoms with Gasteiger partial charge in [0, 0.05) is 37.9 Å². The molecule has 0 bridgehead atoms. The molecule has 8 heteroatoms. The van der Waals surface area contributed by atoms with Gasteiger partial charge in [-0.05, 0) is 75.7 Å². The lowest BCUT2D eigenvalue weighted by molar-refractivity contribution is -0.165. The topological polar surface area (TPSA) is 103 Å². The van der Waals surface area contributed by atoms with Crippen LogP contribution < -0.4 is 0 Å². The van der Waals surface area contributed by atoms with Gasteiger partial charge in [-0.2, -0.15) is 0 Å². The maximum Gasteiger partial charge on any atom is 0.312 e. The zero-order chi connectivity index (χ0) is 24.7. The van der Waals surface area contributed by atoms with Crippen molar-refractivity contribution in [3.8, 4) is 0 Å². The van der Waals surface area contributed by atoms with Crippen LogP contribution in [0.2, 0.25) is 0 Å². The Balaban J connectivity index is 1.40. The lowest BCUT2D eigenvalue weighted by Crippen LogP contribution is -2.45. The first kappa shape index (κ1) is 26.0. The number of rotatable bonds is 3. The fraction of sp³-hybridized carbons (Fsp3) is 0.741. The number of hydrogen-bond donors (Lipinski definition) is 2. The normalized spacial score (nSPS) is 27.6. The van der Waals surface area contributed by atoms with E-state index >= 15 is 0 Å². The summed E-state index contributed by atoms with van der Waals surface area (Å²) in [6.07, 6.45) is 9.62. The Hall–Kier alpha value is -2.03. The summed E-state index contributed by atoms with van der Waals surface area (Å²) < 4.78 is 5.58. The van der Waals surface area contributed by atoms with E-state index in [9.17, 15) is 19.8 Å². The van der Waals surface area contributed by atoms with Crippen LogP contribution in [0, 0.1) is 11.3 Å². The van der Waals surface area contributed by atoms with Gasteiger partial charge in [-0.25, -0.2) is 0 Å². The van der Waals surface area contributed by atoms with E-state index in [1.807, 2.05) is 17.0 Å². The lowest BCUT2D eigenvalue weighted by atomic mass is 9.74. The first-order valence-electron chi connectivity index (χ1n) is 13.4. The van der Waals surface area contributed by atoms with Gasteiger partial charge in [-0.1, -0.05) is 19.3 Å². The predicted octanol–water partition coefficient (Wildman–Crippen LogP) is 2.52. The monoisotopic (exact) mass is 487 g/mol. The highest BCUT2D eigenvalue weighted by Gasteiger charge is 2.43. The largest absolute Gasteiger partial charge is 0.462 e. The molecule has 3 heterocycles. The van der Waals surface area contributed by atoms with Crippen LogP contribution in [-0.4, -0.2) is 81.9 Å². The van der Waals surface area contributed by atoms with Gasteiger partial charge in [0.05, 0.1) is 11.5 Å². The molecule has 0 unspecified atom stereocenters. The number of carbonyl (C=O) groups excluding carboxylic acids is 2. The summed E-state index contributed by atoms with van der Waals surface area (Å²) in [5, 5.41) is 20.9. The SMILES string of the molecule is O=C(C1CCCC1)N1CCCCC2(CCN(Cc3ccncc3)CC2)C(=O)OC[C@@H](O)[C@@H](O)CC1. The minimum Gasteiger partial charge on any atom is -0.462 e. The van der Waals surface area contributed by atoms with Gasteiger partial charge in [0.25, 0.3) is 0 Å². The van der Waals surface area contributed by atoms with E-state index in [1.165, 1.54) is 5.56 Å². The van der Waals surface area contributed by atoms with Crippen LogP contribution in [0.3, 0.4) is 0 Å². The second-order valence-corrected chi connectivity index (χ2v) is 10.7. The number of carbonyl (C=O) groups is 2. The third-order valence-electron chi connectivity index (χ3n) is 8.28. The van der Waals surface area contributed by atoms with Gasteiger partial charge >= 0.3 is 5.97 Å². The summed E-state index contributed by atoms with van der Waals surface area (Å²) in [4.78, 5) is 34.7. The van der Waals surface area contributed by atoms with E-state index < -0.39 is 17.6 Å². The molecule has 1 aromatic heterocycles. The minimum atomic E-state index is -1.15. The maximum absolute atomic E-state index is 13.3. The molecule has 1 aliphatic carbocycles. The fourth-order valence-electron chi connectivity index (χ4n) is 5.88. The molecule has 1 saturated carbocycles. The van der Waals surface area contributed by atoms with Crippen LogP contribution in [0.5, 0.6) is 0 Å². The second kappa shape index (κ2) is 12.3. The van der Waals surface area contributed by atoms with Crippen molar-refractivity contribution in [2.75, 3.05) is 32.8 Å². The maximum atomic E-state index is 13.3. The minimum absolute atomic E-state index is 0.0914. The molecule has 2 atom stereocenters. The summed E-state index contributed by atoms with van der Waals surface area (Å²) in [6, 6.07) is 4.03. The van der Waals surface area contributed by atoms with Crippen molar-refractivity contribution in [2.24, 2.45) is 11.3 Å². The van der Waals surface area contributed by atoms with Gasteiger partial charge in [0.15, 0.2) is 0 Å². The lowest BCUT2D eigenvalue weighted by Gasteiger charge is -2.40. The highest BCUT2D eigenvalue weighted by molar-refractivity contribution is 5.79. The number of aliphatic hydroxyl groups is 2. The van der Waals surface area contributed by atoms with E-state index in [0.717, 1.165) is 64.6 Å². The third-order valence-corrected chi connectivity index (χ3v) is 8.28. The Morgan fingerprint density at radius 1 is 0.943 bits per heavy atom. The van der Waals surface area contributed by atoms with Gasteiger partial charge in [-0.3, -0.25) is 19.5 Å². The number of nitrogens with zero attached hydrogens (tertiary/aromatic N) is 3. The molecule has 1 spiro atoms. The van der Waals surface area contributed by atoms with Crippen LogP contribution in [-0.2, 0) is 20.9 Å². The quantitative estimate of drug-likeness (QED) is 0.632. The van der Waals surface area contributed by atoms with Crippen molar-refractivity contribution in [3.63, 3.8) is 0 Å². The summed E-state index contributed by atoms with van der Waals surface area (Å²) in [6.45, 7) is 3.29. The zero-order valence-corrected chi connectivity index (χ0v) is 20.8. The van der Waals surface area contributed by atoms with Crippen molar-refractivity contribution in [2.45, 2.75) is 83.0 Å². The first-order valence-corrected chi connectivity index (χ1v) is 13.4. The average molecular weight is 488 g/mol. The van der Waals surface area contributed by atoms with E-state index in [0.29, 0.717) is 25.9 Å². The van der Waals surface area contributed by atoms with Gasteiger partial charge in [-0.15, -0.1) is 0 Å². The van der Waals surface area contributed by atoms with Crippen molar-refractivity contribution in [1.29, 1.82) is 0 Å². The fourth-order valence-corrected chi connectivity index (χ4v) is 5.88. The standard InChI is InChI=1S/C27H41N3O5/c31-23-9-16-30(25(33)22-5-1-2-6-22)15-4-3-10-27(26(34)35-20-24(23)32)11-17-29(18-12-27)19-21-7-13-28-14-8-21/h7-8,13-14,22-24,31-32H,1-6,9-12,15-20H2/t23-,24+/m0/s1. The van der Waals surface area contributed by atoms with Crippen LogP contribution in [0.15, 0.2) is 24.5 Å². The average Bonchev–Trinajstić information content (AvgIpc) is 3.42. The predicted molar refractivity (Wildman–Crippen MR) is 131 cm³/mol. The number of aliphatic hydroxyl groups excluding tert-OH is 2. The highest BCUT2D eigenvalue weighted by atomic mass is 16.5. The van der Waals surface area contributed by atoms with Gasteiger partial charge < -0.3 is 19.8 Å². The molecule has 4 rings (SSSR count). The number of ether oxygens (including phenoxy) is 1.